The number of aromatic nitrogens is 2. The lowest BCUT2D eigenvalue weighted by Crippen LogP contribution is -2.25. The lowest BCUT2D eigenvalue weighted by Gasteiger charge is -2.07. The van der Waals surface area contributed by atoms with Gasteiger partial charge in [0.1, 0.15) is 6.61 Å². The molecule has 1 heterocycles. The average Bonchev–Trinajstić information content (AvgIpc) is 3.33. The molecule has 0 saturated heterocycles. The third-order valence-electron chi connectivity index (χ3n) is 4.48. The van der Waals surface area contributed by atoms with Crippen molar-refractivity contribution in [3.05, 3.63) is 71.1 Å². The first-order valence-electron chi connectivity index (χ1n) is 9.85. The number of rotatable bonds is 9. The first kappa shape index (κ1) is 24.4. The van der Waals surface area contributed by atoms with E-state index in [-0.39, 0.29) is 42.5 Å². The standard InChI is InChI=1S/C22H19F3N4O5/c1-32-18(30)12-16-4-2-3-5-17(16)13-33-27-11-10-26-20(31)15-8-6-14(7-9-15)19-28-21(34-29-19)22(23,24)25/h2-9,11H,10,12-13H2,1H3,(H,26,31)/b27-11+. The zero-order chi connectivity index (χ0) is 24.6. The van der Waals surface area contributed by atoms with Crippen molar-refractivity contribution in [2.45, 2.75) is 19.2 Å². The first-order valence-corrected chi connectivity index (χ1v) is 9.85. The maximum Gasteiger partial charge on any atom is 0.471 e. The summed E-state index contributed by atoms with van der Waals surface area (Å²) in [7, 11) is 1.31. The maximum absolute atomic E-state index is 12.6. The first-order chi connectivity index (χ1) is 16.3. The Balaban J connectivity index is 1.46. The van der Waals surface area contributed by atoms with Crippen LogP contribution in [0.3, 0.4) is 0 Å². The predicted molar refractivity (Wildman–Crippen MR) is 113 cm³/mol. The summed E-state index contributed by atoms with van der Waals surface area (Å²) in [5, 5.41) is 9.66. The van der Waals surface area contributed by atoms with Crippen molar-refractivity contribution in [1.29, 1.82) is 0 Å². The minimum absolute atomic E-state index is 0.0736. The van der Waals surface area contributed by atoms with Crippen LogP contribution in [0, 0.1) is 0 Å². The summed E-state index contributed by atoms with van der Waals surface area (Å²) in [5.41, 5.74) is 2.07. The summed E-state index contributed by atoms with van der Waals surface area (Å²) in [6.07, 6.45) is -3.26. The third kappa shape index (κ3) is 6.64. The molecule has 0 unspecified atom stereocenters. The van der Waals surface area contributed by atoms with Gasteiger partial charge in [-0.3, -0.25) is 9.59 Å². The summed E-state index contributed by atoms with van der Waals surface area (Å²) in [5.74, 6) is -2.48. The zero-order valence-corrected chi connectivity index (χ0v) is 17.8. The average molecular weight is 476 g/mol. The number of hydrogen-bond acceptors (Lipinski definition) is 8. The van der Waals surface area contributed by atoms with E-state index in [1.54, 1.807) is 18.2 Å². The van der Waals surface area contributed by atoms with Gasteiger partial charge in [0, 0.05) is 11.1 Å². The van der Waals surface area contributed by atoms with Gasteiger partial charge in [0.05, 0.1) is 26.3 Å². The molecule has 0 spiro atoms. The fourth-order valence-corrected chi connectivity index (χ4v) is 2.76. The number of ether oxygens (including phenoxy) is 1. The molecule has 3 rings (SSSR count). The third-order valence-corrected chi connectivity index (χ3v) is 4.48. The van der Waals surface area contributed by atoms with Crippen LogP contribution in [-0.2, 0) is 33.6 Å². The van der Waals surface area contributed by atoms with Gasteiger partial charge in [0.2, 0.25) is 5.82 Å². The predicted octanol–water partition coefficient (Wildman–Crippen LogP) is 3.40. The molecule has 2 aromatic carbocycles. The number of hydrogen-bond donors (Lipinski definition) is 1. The minimum atomic E-state index is -4.73. The van der Waals surface area contributed by atoms with Crippen molar-refractivity contribution in [2.75, 3.05) is 13.7 Å². The van der Waals surface area contributed by atoms with E-state index in [2.05, 4.69) is 29.9 Å². The Morgan fingerprint density at radius 1 is 1.12 bits per heavy atom. The summed E-state index contributed by atoms with van der Waals surface area (Å²) in [6.45, 7) is 0.204. The number of nitrogens with one attached hydrogen (secondary N) is 1. The van der Waals surface area contributed by atoms with Gasteiger partial charge in [0.25, 0.3) is 5.91 Å². The second-order valence-corrected chi connectivity index (χ2v) is 6.79. The molecular weight excluding hydrogens is 457 g/mol. The second kappa shape index (κ2) is 11.1. The van der Waals surface area contributed by atoms with Crippen molar-refractivity contribution in [2.24, 2.45) is 5.16 Å². The SMILES string of the molecule is COC(=O)Cc1ccccc1CO/N=C/CNC(=O)c1ccc(-c2noc(C(F)(F)F)n2)cc1. The number of esters is 1. The molecule has 0 atom stereocenters. The van der Waals surface area contributed by atoms with Crippen LogP contribution in [0.4, 0.5) is 13.2 Å². The number of carbonyl (C=O) groups is 2. The van der Waals surface area contributed by atoms with Crippen LogP contribution in [0.5, 0.6) is 0 Å². The van der Waals surface area contributed by atoms with Crippen molar-refractivity contribution < 1.29 is 36.9 Å². The van der Waals surface area contributed by atoms with Crippen molar-refractivity contribution in [1.82, 2.24) is 15.5 Å². The number of methoxy groups -OCH3 is 1. The van der Waals surface area contributed by atoms with Gasteiger partial charge in [-0.2, -0.15) is 18.2 Å². The van der Waals surface area contributed by atoms with Gasteiger partial charge >= 0.3 is 18.0 Å². The topological polar surface area (TPSA) is 116 Å². The Hall–Kier alpha value is -4.22. The van der Waals surface area contributed by atoms with Crippen LogP contribution in [0.25, 0.3) is 11.4 Å². The largest absolute Gasteiger partial charge is 0.471 e. The quantitative estimate of drug-likeness (QED) is 0.286. The lowest BCUT2D eigenvalue weighted by molar-refractivity contribution is -0.159. The van der Waals surface area contributed by atoms with Gasteiger partial charge in [-0.25, -0.2) is 0 Å². The number of nitrogens with zero attached hydrogens (tertiary/aromatic N) is 3. The Morgan fingerprint density at radius 2 is 1.82 bits per heavy atom. The number of benzene rings is 2. The van der Waals surface area contributed by atoms with E-state index in [4.69, 9.17) is 4.84 Å². The van der Waals surface area contributed by atoms with Gasteiger partial charge in [-0.1, -0.05) is 46.7 Å². The van der Waals surface area contributed by atoms with Gasteiger partial charge in [0.15, 0.2) is 0 Å². The Kier molecular flexibility index (Phi) is 7.96. The van der Waals surface area contributed by atoms with E-state index in [0.717, 1.165) is 11.1 Å². The van der Waals surface area contributed by atoms with Crippen LogP contribution in [0.1, 0.15) is 27.4 Å². The monoisotopic (exact) mass is 476 g/mol. The Labute approximate surface area is 191 Å². The van der Waals surface area contributed by atoms with E-state index in [1.165, 1.54) is 37.6 Å². The molecule has 1 N–H and O–H groups in total. The van der Waals surface area contributed by atoms with Gasteiger partial charge in [-0.15, -0.1) is 0 Å². The van der Waals surface area contributed by atoms with Crippen molar-refractivity contribution >= 4 is 18.1 Å². The van der Waals surface area contributed by atoms with E-state index in [9.17, 15) is 22.8 Å². The second-order valence-electron chi connectivity index (χ2n) is 6.79. The number of amides is 1. The highest BCUT2D eigenvalue weighted by atomic mass is 19.4. The minimum Gasteiger partial charge on any atom is -0.469 e. The lowest BCUT2D eigenvalue weighted by atomic mass is 10.1. The maximum atomic E-state index is 12.6. The van der Waals surface area contributed by atoms with Crippen molar-refractivity contribution in [3.8, 4) is 11.4 Å². The summed E-state index contributed by atoms with van der Waals surface area (Å²) in [4.78, 5) is 32.2. The van der Waals surface area contributed by atoms with E-state index in [1.807, 2.05) is 6.07 Å². The number of oxime groups is 1. The molecule has 12 heteroatoms. The van der Waals surface area contributed by atoms with E-state index < -0.39 is 18.0 Å². The molecule has 34 heavy (non-hydrogen) atoms. The molecule has 3 aromatic rings. The van der Waals surface area contributed by atoms with Crippen LogP contribution in [0.2, 0.25) is 0 Å². The molecule has 0 aliphatic carbocycles. The van der Waals surface area contributed by atoms with Crippen LogP contribution >= 0.6 is 0 Å². The molecule has 0 bridgehead atoms. The highest BCUT2D eigenvalue weighted by Gasteiger charge is 2.38. The highest BCUT2D eigenvalue weighted by Crippen LogP contribution is 2.29. The van der Waals surface area contributed by atoms with Gasteiger partial charge in [-0.05, 0) is 23.3 Å². The van der Waals surface area contributed by atoms with E-state index in [0.29, 0.717) is 0 Å². The highest BCUT2D eigenvalue weighted by molar-refractivity contribution is 5.95. The summed E-state index contributed by atoms with van der Waals surface area (Å²) in [6, 6.07) is 12.8. The summed E-state index contributed by atoms with van der Waals surface area (Å²) >= 11 is 0. The Bertz CT molecular complexity index is 1160. The van der Waals surface area contributed by atoms with Crippen LogP contribution in [0.15, 0.2) is 58.2 Å². The Morgan fingerprint density at radius 3 is 2.47 bits per heavy atom. The molecule has 1 amide bonds. The normalized spacial score (nSPS) is 11.4. The molecule has 0 aliphatic rings. The van der Waals surface area contributed by atoms with E-state index >= 15 is 0 Å². The number of halogens is 3. The summed E-state index contributed by atoms with van der Waals surface area (Å²) < 4.78 is 46.5. The number of carbonyl (C=O) groups excluding carboxylic acids is 2. The molecule has 0 fully saturated rings. The molecule has 1 aromatic heterocycles. The van der Waals surface area contributed by atoms with Gasteiger partial charge < -0.3 is 19.4 Å². The molecule has 0 saturated carbocycles. The fourth-order valence-electron chi connectivity index (χ4n) is 2.76. The molecule has 0 aliphatic heterocycles. The molecule has 9 nitrogen and oxygen atoms in total. The number of alkyl halides is 3. The zero-order valence-electron chi connectivity index (χ0n) is 17.8. The van der Waals surface area contributed by atoms with Crippen LogP contribution in [-0.4, -0.2) is 41.9 Å². The van der Waals surface area contributed by atoms with Crippen LogP contribution < -0.4 is 5.32 Å². The fraction of sp³-hybridized carbons (Fsp3) is 0.227. The molecule has 178 valence electrons. The molecule has 0 radical (unpaired) electrons. The smallest absolute Gasteiger partial charge is 0.469 e. The molecular formula is C22H19F3N4O5. The van der Waals surface area contributed by atoms with Crippen molar-refractivity contribution in [3.63, 3.8) is 0 Å².